The molecule has 1 aromatic carbocycles. The molecule has 1 atom stereocenters. The zero-order valence-corrected chi connectivity index (χ0v) is 11.2. The highest BCUT2D eigenvalue weighted by molar-refractivity contribution is 5.82. The molecule has 0 bridgehead atoms. The van der Waals surface area contributed by atoms with Gasteiger partial charge in [-0.2, -0.15) is 0 Å². The Morgan fingerprint density at radius 3 is 2.68 bits per heavy atom. The fourth-order valence-electron chi connectivity index (χ4n) is 1.88. The highest BCUT2D eigenvalue weighted by Crippen LogP contribution is 2.13. The molecule has 1 aromatic heterocycles. The van der Waals surface area contributed by atoms with Crippen molar-refractivity contribution in [3.63, 3.8) is 0 Å². The number of rotatable bonds is 4. The monoisotopic (exact) mass is 258 g/mol. The van der Waals surface area contributed by atoms with Gasteiger partial charge in [0.25, 0.3) is 0 Å². The molecule has 0 unspecified atom stereocenters. The Morgan fingerprint density at radius 2 is 2.11 bits per heavy atom. The van der Waals surface area contributed by atoms with E-state index in [9.17, 15) is 4.79 Å². The van der Waals surface area contributed by atoms with Crippen molar-refractivity contribution in [3.05, 3.63) is 54.1 Å². The Bertz CT molecular complexity index is 550. The first-order valence-corrected chi connectivity index (χ1v) is 6.11. The van der Waals surface area contributed by atoms with E-state index in [1.807, 2.05) is 48.1 Å². The van der Waals surface area contributed by atoms with Crippen LogP contribution in [0.4, 0.5) is 0 Å². The van der Waals surface area contributed by atoms with Gasteiger partial charge in [0.15, 0.2) is 0 Å². The summed E-state index contributed by atoms with van der Waals surface area (Å²) < 4.78 is 1.89. The third-order valence-corrected chi connectivity index (χ3v) is 3.10. The fourth-order valence-corrected chi connectivity index (χ4v) is 1.88. The Morgan fingerprint density at radius 1 is 1.42 bits per heavy atom. The lowest BCUT2D eigenvalue weighted by Crippen LogP contribution is -2.36. The van der Waals surface area contributed by atoms with Gasteiger partial charge in [0.05, 0.1) is 6.54 Å². The molecular weight excluding hydrogens is 240 g/mol. The maximum absolute atomic E-state index is 12.2. The fraction of sp³-hybridized carbons (Fsp3) is 0.286. The number of hydrogen-bond acceptors (Lipinski definition) is 3. The van der Waals surface area contributed by atoms with Gasteiger partial charge in [-0.15, -0.1) is 0 Å². The van der Waals surface area contributed by atoms with Crippen molar-refractivity contribution in [2.45, 2.75) is 12.6 Å². The predicted octanol–water partition coefficient (Wildman–Crippen LogP) is 1.08. The van der Waals surface area contributed by atoms with E-state index in [1.165, 1.54) is 0 Å². The molecule has 0 saturated carbocycles. The average molecular weight is 258 g/mol. The van der Waals surface area contributed by atoms with Crippen molar-refractivity contribution in [2.24, 2.45) is 12.8 Å². The Kier molecular flexibility index (Phi) is 3.97. The normalized spacial score (nSPS) is 12.2. The molecule has 5 heteroatoms. The zero-order chi connectivity index (χ0) is 13.8. The summed E-state index contributed by atoms with van der Waals surface area (Å²) in [5.74, 6) is 0.713. The van der Waals surface area contributed by atoms with Crippen LogP contribution >= 0.6 is 0 Å². The topological polar surface area (TPSA) is 64.2 Å². The van der Waals surface area contributed by atoms with E-state index in [-0.39, 0.29) is 5.91 Å². The molecule has 100 valence electrons. The molecule has 0 aliphatic carbocycles. The molecule has 0 fully saturated rings. The van der Waals surface area contributed by atoms with Crippen LogP contribution in [0.5, 0.6) is 0 Å². The molecule has 0 saturated heterocycles. The number of hydrogen-bond donors (Lipinski definition) is 1. The molecule has 0 aliphatic heterocycles. The van der Waals surface area contributed by atoms with E-state index >= 15 is 0 Å². The molecule has 5 nitrogen and oxygen atoms in total. The number of aromatic nitrogens is 2. The van der Waals surface area contributed by atoms with Crippen molar-refractivity contribution in [1.29, 1.82) is 0 Å². The lowest BCUT2D eigenvalue weighted by atomic mass is 10.1. The van der Waals surface area contributed by atoms with Crippen LogP contribution in [0, 0.1) is 0 Å². The van der Waals surface area contributed by atoms with Crippen molar-refractivity contribution >= 4 is 5.91 Å². The summed E-state index contributed by atoms with van der Waals surface area (Å²) in [5, 5.41) is 0. The molecule has 2 rings (SSSR count). The van der Waals surface area contributed by atoms with Crippen LogP contribution in [0.25, 0.3) is 0 Å². The van der Waals surface area contributed by atoms with E-state index in [4.69, 9.17) is 5.73 Å². The number of benzene rings is 1. The second-order valence-electron chi connectivity index (χ2n) is 4.54. The molecule has 0 radical (unpaired) electrons. The molecule has 0 spiro atoms. The van der Waals surface area contributed by atoms with Crippen LogP contribution in [0.2, 0.25) is 0 Å². The van der Waals surface area contributed by atoms with E-state index in [2.05, 4.69) is 4.98 Å². The number of amides is 1. The first-order valence-electron chi connectivity index (χ1n) is 6.11. The zero-order valence-electron chi connectivity index (χ0n) is 11.2. The van der Waals surface area contributed by atoms with Crippen molar-refractivity contribution in [3.8, 4) is 0 Å². The number of nitrogens with two attached hydrogens (primary N) is 1. The van der Waals surface area contributed by atoms with Crippen LogP contribution in [0.1, 0.15) is 17.4 Å². The Balaban J connectivity index is 2.05. The lowest BCUT2D eigenvalue weighted by Gasteiger charge is -2.21. The Labute approximate surface area is 112 Å². The largest absolute Gasteiger partial charge is 0.337 e. The minimum absolute atomic E-state index is 0.116. The van der Waals surface area contributed by atoms with Gasteiger partial charge in [-0.05, 0) is 5.56 Å². The summed E-state index contributed by atoms with van der Waals surface area (Å²) in [6, 6.07) is 8.74. The number of carbonyl (C=O) groups is 1. The van der Waals surface area contributed by atoms with Crippen molar-refractivity contribution in [1.82, 2.24) is 14.5 Å². The van der Waals surface area contributed by atoms with Crippen LogP contribution < -0.4 is 5.73 Å². The van der Waals surface area contributed by atoms with Gasteiger partial charge < -0.3 is 15.2 Å². The Hall–Kier alpha value is -2.14. The maximum Gasteiger partial charge on any atom is 0.244 e. The summed E-state index contributed by atoms with van der Waals surface area (Å²) in [7, 11) is 3.64. The number of imidazole rings is 1. The molecule has 2 aromatic rings. The van der Waals surface area contributed by atoms with E-state index in [0.29, 0.717) is 6.54 Å². The van der Waals surface area contributed by atoms with Crippen LogP contribution in [-0.4, -0.2) is 27.4 Å². The van der Waals surface area contributed by atoms with Gasteiger partial charge in [0.1, 0.15) is 11.9 Å². The highest BCUT2D eigenvalue weighted by atomic mass is 16.2. The van der Waals surface area contributed by atoms with E-state index < -0.39 is 6.04 Å². The summed E-state index contributed by atoms with van der Waals surface area (Å²) in [5.41, 5.74) is 6.81. The smallest absolute Gasteiger partial charge is 0.244 e. The molecule has 19 heavy (non-hydrogen) atoms. The first-order chi connectivity index (χ1) is 9.09. The van der Waals surface area contributed by atoms with Crippen molar-refractivity contribution in [2.75, 3.05) is 7.05 Å². The van der Waals surface area contributed by atoms with Crippen LogP contribution in [0.15, 0.2) is 42.7 Å². The first kappa shape index (κ1) is 13.3. The number of aryl methyl sites for hydroxylation is 1. The van der Waals surface area contributed by atoms with Gasteiger partial charge in [0, 0.05) is 26.5 Å². The average Bonchev–Trinajstić information content (AvgIpc) is 2.83. The van der Waals surface area contributed by atoms with E-state index in [0.717, 1.165) is 11.4 Å². The summed E-state index contributed by atoms with van der Waals surface area (Å²) >= 11 is 0. The standard InChI is InChI=1S/C14H18N4O/c1-17-9-8-16-12(17)10-18(2)14(19)13(15)11-6-4-3-5-7-11/h3-9,13H,10,15H2,1-2H3/t13-/m1/s1. The number of likely N-dealkylation sites (N-methyl/N-ethyl adjacent to an activating group) is 1. The van der Waals surface area contributed by atoms with Crippen LogP contribution in [-0.2, 0) is 18.4 Å². The van der Waals surface area contributed by atoms with Gasteiger partial charge in [0.2, 0.25) is 5.91 Å². The third-order valence-electron chi connectivity index (χ3n) is 3.10. The van der Waals surface area contributed by atoms with Gasteiger partial charge >= 0.3 is 0 Å². The highest BCUT2D eigenvalue weighted by Gasteiger charge is 2.20. The van der Waals surface area contributed by atoms with E-state index in [1.54, 1.807) is 18.1 Å². The number of nitrogens with zero attached hydrogens (tertiary/aromatic N) is 3. The second kappa shape index (κ2) is 5.67. The molecule has 2 N–H and O–H groups in total. The summed E-state index contributed by atoms with van der Waals surface area (Å²) in [4.78, 5) is 18.0. The SMILES string of the molecule is CN(Cc1nccn1C)C(=O)[C@H](N)c1ccccc1. The molecule has 0 aliphatic rings. The second-order valence-corrected chi connectivity index (χ2v) is 4.54. The molecule has 1 amide bonds. The number of carbonyl (C=O) groups excluding carboxylic acids is 1. The quantitative estimate of drug-likeness (QED) is 0.892. The minimum atomic E-state index is -0.633. The summed E-state index contributed by atoms with van der Waals surface area (Å²) in [6.45, 7) is 0.447. The van der Waals surface area contributed by atoms with Crippen molar-refractivity contribution < 1.29 is 4.79 Å². The third kappa shape index (κ3) is 3.00. The van der Waals surface area contributed by atoms with Gasteiger partial charge in [-0.3, -0.25) is 4.79 Å². The van der Waals surface area contributed by atoms with Gasteiger partial charge in [-0.25, -0.2) is 4.98 Å². The maximum atomic E-state index is 12.2. The lowest BCUT2D eigenvalue weighted by molar-refractivity contribution is -0.132. The van der Waals surface area contributed by atoms with Gasteiger partial charge in [-0.1, -0.05) is 30.3 Å². The molecule has 1 heterocycles. The predicted molar refractivity (Wildman–Crippen MR) is 73.1 cm³/mol. The summed E-state index contributed by atoms with van der Waals surface area (Å²) in [6.07, 6.45) is 3.57. The minimum Gasteiger partial charge on any atom is -0.337 e. The molecular formula is C14H18N4O. The van der Waals surface area contributed by atoms with Crippen LogP contribution in [0.3, 0.4) is 0 Å².